The zero-order chi connectivity index (χ0) is 10.4. The Morgan fingerprint density at radius 1 is 1.57 bits per heavy atom. The van der Waals surface area contributed by atoms with Crippen LogP contribution in [-0.2, 0) is 4.79 Å². The van der Waals surface area contributed by atoms with Crippen LogP contribution in [0.3, 0.4) is 0 Å². The van der Waals surface area contributed by atoms with Gasteiger partial charge in [0.05, 0.1) is 12.8 Å². The van der Waals surface area contributed by atoms with Crippen LogP contribution in [0.15, 0.2) is 29.4 Å². The van der Waals surface area contributed by atoms with E-state index >= 15 is 0 Å². The van der Waals surface area contributed by atoms with E-state index in [0.717, 1.165) is 0 Å². The lowest BCUT2D eigenvalue weighted by Crippen LogP contribution is -2.22. The lowest BCUT2D eigenvalue weighted by Gasteiger charge is -2.06. The van der Waals surface area contributed by atoms with Crippen LogP contribution in [0.2, 0.25) is 0 Å². The number of amides is 1. The lowest BCUT2D eigenvalue weighted by atomic mass is 10.2. The Kier molecular flexibility index (Phi) is 3.49. The number of carbonyl (C=O) groups is 1. The van der Waals surface area contributed by atoms with Crippen molar-refractivity contribution in [3.05, 3.63) is 29.8 Å². The molecule has 14 heavy (non-hydrogen) atoms. The number of para-hydroxylation sites is 1. The summed E-state index contributed by atoms with van der Waals surface area (Å²) < 4.78 is 0. The van der Waals surface area contributed by atoms with Gasteiger partial charge in [0.2, 0.25) is 5.91 Å². The van der Waals surface area contributed by atoms with Gasteiger partial charge in [-0.05, 0) is 6.07 Å². The number of primary amides is 1. The summed E-state index contributed by atoms with van der Waals surface area (Å²) in [7, 11) is 0. The highest BCUT2D eigenvalue weighted by molar-refractivity contribution is 5.88. The zero-order valence-electron chi connectivity index (χ0n) is 7.47. The highest BCUT2D eigenvalue weighted by Gasteiger charge is 1.99. The maximum atomic E-state index is 10.5. The van der Waals surface area contributed by atoms with Gasteiger partial charge in [0.1, 0.15) is 0 Å². The van der Waals surface area contributed by atoms with Crippen molar-refractivity contribution >= 4 is 17.8 Å². The molecule has 0 spiro atoms. The van der Waals surface area contributed by atoms with Gasteiger partial charge in [0.15, 0.2) is 0 Å². The number of rotatable bonds is 4. The molecule has 0 fully saturated rings. The van der Waals surface area contributed by atoms with E-state index < -0.39 is 5.91 Å². The Morgan fingerprint density at radius 2 is 2.29 bits per heavy atom. The minimum Gasteiger partial charge on any atom is -0.411 e. The molecule has 0 radical (unpaired) electrons. The van der Waals surface area contributed by atoms with Crippen molar-refractivity contribution in [1.82, 2.24) is 0 Å². The van der Waals surface area contributed by atoms with Gasteiger partial charge in [-0.15, -0.1) is 0 Å². The Morgan fingerprint density at radius 3 is 2.93 bits per heavy atom. The number of nitrogens with one attached hydrogen (secondary N) is 1. The fraction of sp³-hybridized carbons (Fsp3) is 0.111. The van der Waals surface area contributed by atoms with Crippen LogP contribution in [0.25, 0.3) is 0 Å². The smallest absolute Gasteiger partial charge is 0.236 e. The predicted molar refractivity (Wildman–Crippen MR) is 53.5 cm³/mol. The molecule has 0 aromatic heterocycles. The second-order valence-corrected chi connectivity index (χ2v) is 2.65. The molecule has 1 rings (SSSR count). The third-order valence-electron chi connectivity index (χ3n) is 1.61. The molecule has 1 aromatic carbocycles. The number of carbonyl (C=O) groups excluding carboxylic acids is 1. The maximum Gasteiger partial charge on any atom is 0.236 e. The molecule has 0 heterocycles. The summed E-state index contributed by atoms with van der Waals surface area (Å²) in [6.45, 7) is 0.0519. The van der Waals surface area contributed by atoms with E-state index in [4.69, 9.17) is 10.9 Å². The number of benzene rings is 1. The first-order valence-corrected chi connectivity index (χ1v) is 4.02. The fourth-order valence-corrected chi connectivity index (χ4v) is 1.02. The summed E-state index contributed by atoms with van der Waals surface area (Å²) in [4.78, 5) is 10.5. The summed E-state index contributed by atoms with van der Waals surface area (Å²) in [5, 5.41) is 14.1. The first-order valence-electron chi connectivity index (χ1n) is 4.02. The second kappa shape index (κ2) is 4.86. The van der Waals surface area contributed by atoms with Gasteiger partial charge in [0, 0.05) is 11.3 Å². The molecule has 0 saturated heterocycles. The molecule has 4 N–H and O–H groups in total. The molecule has 5 heteroatoms. The quantitative estimate of drug-likeness (QED) is 0.367. The van der Waals surface area contributed by atoms with Crippen molar-refractivity contribution < 1.29 is 10.0 Å². The number of hydrogen-bond acceptors (Lipinski definition) is 4. The Labute approximate surface area is 81.2 Å². The molecule has 0 saturated carbocycles. The van der Waals surface area contributed by atoms with E-state index in [1.807, 2.05) is 0 Å². The number of nitrogens with two attached hydrogens (primary N) is 1. The molecule has 5 nitrogen and oxygen atoms in total. The van der Waals surface area contributed by atoms with Crippen LogP contribution in [0.5, 0.6) is 0 Å². The first kappa shape index (κ1) is 10.0. The summed E-state index contributed by atoms with van der Waals surface area (Å²) in [5.41, 5.74) is 6.37. The predicted octanol–water partition coefficient (Wildman–Crippen LogP) is 0.392. The van der Waals surface area contributed by atoms with Crippen LogP contribution < -0.4 is 11.1 Å². The van der Waals surface area contributed by atoms with Crippen molar-refractivity contribution in [3.63, 3.8) is 0 Å². The molecular weight excluding hydrogens is 182 g/mol. The van der Waals surface area contributed by atoms with Crippen molar-refractivity contribution in [2.24, 2.45) is 10.9 Å². The van der Waals surface area contributed by atoms with E-state index in [0.29, 0.717) is 11.3 Å². The van der Waals surface area contributed by atoms with Crippen LogP contribution in [0.1, 0.15) is 5.56 Å². The second-order valence-electron chi connectivity index (χ2n) is 2.65. The molecule has 1 amide bonds. The Hall–Kier alpha value is -2.04. The van der Waals surface area contributed by atoms with E-state index in [-0.39, 0.29) is 6.54 Å². The topological polar surface area (TPSA) is 87.7 Å². The molecule has 0 aliphatic carbocycles. The third kappa shape index (κ3) is 2.78. The van der Waals surface area contributed by atoms with Crippen molar-refractivity contribution in [1.29, 1.82) is 0 Å². The van der Waals surface area contributed by atoms with Gasteiger partial charge in [-0.3, -0.25) is 4.79 Å². The molecular formula is C9H11N3O2. The first-order chi connectivity index (χ1) is 6.74. The van der Waals surface area contributed by atoms with Gasteiger partial charge < -0.3 is 16.3 Å². The Bertz CT molecular complexity index is 350. The molecule has 0 aliphatic rings. The van der Waals surface area contributed by atoms with E-state index in [9.17, 15) is 4.79 Å². The van der Waals surface area contributed by atoms with Gasteiger partial charge in [-0.1, -0.05) is 23.4 Å². The van der Waals surface area contributed by atoms with E-state index in [1.165, 1.54) is 6.21 Å². The highest BCUT2D eigenvalue weighted by atomic mass is 16.4. The number of anilines is 1. The molecule has 74 valence electrons. The average molecular weight is 193 g/mol. The van der Waals surface area contributed by atoms with Crippen LogP contribution in [-0.4, -0.2) is 23.9 Å². The van der Waals surface area contributed by atoms with Crippen molar-refractivity contribution in [2.45, 2.75) is 0 Å². The summed E-state index contributed by atoms with van der Waals surface area (Å²) >= 11 is 0. The molecule has 0 bridgehead atoms. The van der Waals surface area contributed by atoms with Crippen molar-refractivity contribution in [2.75, 3.05) is 11.9 Å². The van der Waals surface area contributed by atoms with Crippen LogP contribution >= 0.6 is 0 Å². The maximum absolute atomic E-state index is 10.5. The largest absolute Gasteiger partial charge is 0.411 e. The molecule has 1 aromatic rings. The standard InChI is InChI=1S/C9H11N3O2/c10-9(13)6-11-8-4-2-1-3-7(8)5-12-14/h1-5,11,14H,6H2,(H2,10,13)/b12-5+. The SMILES string of the molecule is NC(=O)CNc1ccccc1/C=N/O. The van der Waals surface area contributed by atoms with Gasteiger partial charge in [-0.25, -0.2) is 0 Å². The number of oxime groups is 1. The molecule has 0 atom stereocenters. The third-order valence-corrected chi connectivity index (χ3v) is 1.61. The monoisotopic (exact) mass is 193 g/mol. The Balaban J connectivity index is 2.79. The summed E-state index contributed by atoms with van der Waals surface area (Å²) in [6, 6.07) is 7.12. The van der Waals surface area contributed by atoms with Crippen LogP contribution in [0.4, 0.5) is 5.69 Å². The molecule has 0 aliphatic heterocycles. The van der Waals surface area contributed by atoms with E-state index in [2.05, 4.69) is 10.5 Å². The highest BCUT2D eigenvalue weighted by Crippen LogP contribution is 2.11. The number of nitrogens with zero attached hydrogens (tertiary/aromatic N) is 1. The minimum absolute atomic E-state index is 0.0519. The van der Waals surface area contributed by atoms with Crippen molar-refractivity contribution in [3.8, 4) is 0 Å². The van der Waals surface area contributed by atoms with Gasteiger partial charge >= 0.3 is 0 Å². The van der Waals surface area contributed by atoms with Gasteiger partial charge in [-0.2, -0.15) is 0 Å². The van der Waals surface area contributed by atoms with E-state index in [1.54, 1.807) is 24.3 Å². The zero-order valence-corrected chi connectivity index (χ0v) is 7.47. The normalized spacial score (nSPS) is 10.3. The summed E-state index contributed by atoms with van der Waals surface area (Å²) in [6.07, 6.45) is 1.28. The fourth-order valence-electron chi connectivity index (χ4n) is 1.02. The van der Waals surface area contributed by atoms with Gasteiger partial charge in [0.25, 0.3) is 0 Å². The lowest BCUT2D eigenvalue weighted by molar-refractivity contribution is -0.116. The number of hydrogen-bond donors (Lipinski definition) is 3. The average Bonchev–Trinajstić information content (AvgIpc) is 2.17. The minimum atomic E-state index is -0.444. The molecule has 0 unspecified atom stereocenters. The van der Waals surface area contributed by atoms with Crippen LogP contribution in [0, 0.1) is 0 Å². The summed E-state index contributed by atoms with van der Waals surface area (Å²) in [5.74, 6) is -0.444.